The van der Waals surface area contributed by atoms with Crippen molar-refractivity contribution in [3.63, 3.8) is 0 Å². The lowest BCUT2D eigenvalue weighted by atomic mass is 9.90. The summed E-state index contributed by atoms with van der Waals surface area (Å²) in [6.45, 7) is 3.55. The van der Waals surface area contributed by atoms with Crippen molar-refractivity contribution in [3.05, 3.63) is 24.0 Å². The van der Waals surface area contributed by atoms with E-state index in [9.17, 15) is 9.90 Å². The van der Waals surface area contributed by atoms with E-state index in [4.69, 9.17) is 5.11 Å². The molecule has 1 saturated heterocycles. The van der Waals surface area contributed by atoms with E-state index < -0.39 is 5.60 Å². The lowest BCUT2D eigenvalue weighted by molar-refractivity contribution is 0.0223. The molecular formula is C15H23N3O3. The molecule has 6 heteroatoms. The molecule has 0 aliphatic carbocycles. The molecule has 1 aliphatic rings. The molecule has 0 saturated carbocycles. The Bertz CT molecular complexity index is 495. The average Bonchev–Trinajstić information content (AvgIpc) is 2.53. The van der Waals surface area contributed by atoms with Crippen LogP contribution in [0.4, 0.5) is 5.69 Å². The van der Waals surface area contributed by atoms with Crippen molar-refractivity contribution in [3.8, 4) is 0 Å². The van der Waals surface area contributed by atoms with E-state index >= 15 is 0 Å². The number of hydrogen-bond donors (Lipinski definition) is 3. The van der Waals surface area contributed by atoms with Gasteiger partial charge in [0, 0.05) is 31.5 Å². The quantitative estimate of drug-likeness (QED) is 0.738. The molecule has 0 aromatic carbocycles. The lowest BCUT2D eigenvalue weighted by Gasteiger charge is -2.40. The van der Waals surface area contributed by atoms with Gasteiger partial charge in [0.1, 0.15) is 5.69 Å². The number of aliphatic hydroxyl groups is 2. The normalized spacial score (nSPS) is 22.1. The first-order valence-electron chi connectivity index (χ1n) is 7.40. The maximum atomic E-state index is 11.9. The molecule has 0 bridgehead atoms. The molecule has 1 amide bonds. The highest BCUT2D eigenvalue weighted by Crippen LogP contribution is 2.28. The van der Waals surface area contributed by atoms with Gasteiger partial charge in [-0.15, -0.1) is 0 Å². The fraction of sp³-hybridized carbons (Fsp3) is 0.600. The van der Waals surface area contributed by atoms with E-state index in [1.54, 1.807) is 12.3 Å². The Balaban J connectivity index is 2.11. The third-order valence-electron chi connectivity index (χ3n) is 3.95. The molecule has 3 N–H and O–H groups in total. The molecule has 1 fully saturated rings. The van der Waals surface area contributed by atoms with E-state index in [0.717, 1.165) is 31.5 Å². The van der Waals surface area contributed by atoms with E-state index in [0.29, 0.717) is 12.2 Å². The number of amides is 1. The van der Waals surface area contributed by atoms with Gasteiger partial charge >= 0.3 is 0 Å². The predicted molar refractivity (Wildman–Crippen MR) is 80.3 cm³/mol. The number of carbonyl (C=O) groups excluding carboxylic acids is 1. The van der Waals surface area contributed by atoms with Crippen LogP contribution >= 0.6 is 0 Å². The average molecular weight is 293 g/mol. The third kappa shape index (κ3) is 3.92. The SMILES string of the molecule is CC[C@@]1(O)CCCN(c2ccnc(C(=O)NCCO)c2)C1. The van der Waals surface area contributed by atoms with Crippen molar-refractivity contribution in [2.24, 2.45) is 0 Å². The second-order valence-corrected chi connectivity index (χ2v) is 5.48. The van der Waals surface area contributed by atoms with Crippen LogP contribution in [-0.4, -0.2) is 52.9 Å². The van der Waals surface area contributed by atoms with Crippen LogP contribution < -0.4 is 10.2 Å². The molecule has 0 unspecified atom stereocenters. The number of β-amino-alcohol motifs (C(OH)–C–C–N with tert-alkyl or cyclic N) is 1. The highest BCUT2D eigenvalue weighted by molar-refractivity contribution is 5.93. The Kier molecular flexibility index (Phi) is 5.14. The molecule has 0 radical (unpaired) electrons. The predicted octanol–water partition coefficient (Wildman–Crippen LogP) is 0.545. The van der Waals surface area contributed by atoms with Gasteiger partial charge < -0.3 is 20.4 Å². The number of nitrogens with one attached hydrogen (secondary N) is 1. The maximum absolute atomic E-state index is 11.9. The van der Waals surface area contributed by atoms with Crippen LogP contribution in [0.15, 0.2) is 18.3 Å². The number of anilines is 1. The van der Waals surface area contributed by atoms with Crippen molar-refractivity contribution >= 4 is 11.6 Å². The maximum Gasteiger partial charge on any atom is 0.270 e. The fourth-order valence-electron chi connectivity index (χ4n) is 2.62. The number of aromatic nitrogens is 1. The molecule has 2 rings (SSSR count). The van der Waals surface area contributed by atoms with Gasteiger partial charge in [-0.1, -0.05) is 6.92 Å². The molecule has 0 spiro atoms. The van der Waals surface area contributed by atoms with E-state index in [2.05, 4.69) is 15.2 Å². The molecule has 2 heterocycles. The number of hydrogen-bond acceptors (Lipinski definition) is 5. The van der Waals surface area contributed by atoms with Crippen molar-refractivity contribution in [1.82, 2.24) is 10.3 Å². The van der Waals surface area contributed by atoms with E-state index in [-0.39, 0.29) is 19.1 Å². The molecule has 1 aromatic heterocycles. The lowest BCUT2D eigenvalue weighted by Crippen LogP contribution is -2.47. The summed E-state index contributed by atoms with van der Waals surface area (Å²) in [5.41, 5.74) is 0.568. The van der Waals surface area contributed by atoms with E-state index in [1.165, 1.54) is 0 Å². The van der Waals surface area contributed by atoms with Crippen LogP contribution in [0.2, 0.25) is 0 Å². The van der Waals surface area contributed by atoms with Gasteiger partial charge in [-0.05, 0) is 31.4 Å². The zero-order chi connectivity index (χ0) is 15.3. The Morgan fingerprint density at radius 1 is 1.57 bits per heavy atom. The first kappa shape index (κ1) is 15.7. The van der Waals surface area contributed by atoms with Crippen LogP contribution in [0.5, 0.6) is 0 Å². The Morgan fingerprint density at radius 2 is 2.38 bits per heavy atom. The topological polar surface area (TPSA) is 85.7 Å². The highest BCUT2D eigenvalue weighted by atomic mass is 16.3. The zero-order valence-electron chi connectivity index (χ0n) is 12.4. The molecule has 1 aromatic rings. The monoisotopic (exact) mass is 293 g/mol. The summed E-state index contributed by atoms with van der Waals surface area (Å²) >= 11 is 0. The summed E-state index contributed by atoms with van der Waals surface area (Å²) in [5.74, 6) is -0.298. The van der Waals surface area contributed by atoms with E-state index in [1.807, 2.05) is 13.0 Å². The Labute approximate surface area is 124 Å². The van der Waals surface area contributed by atoms with Crippen LogP contribution in [-0.2, 0) is 0 Å². The molecule has 6 nitrogen and oxygen atoms in total. The van der Waals surface area contributed by atoms with Crippen molar-refractivity contribution in [2.75, 3.05) is 31.1 Å². The standard InChI is InChI=1S/C15H23N3O3/c1-2-15(21)5-3-8-18(11-15)12-4-6-16-13(10-12)14(20)17-7-9-19/h4,6,10,19,21H,2-3,5,7-9,11H2,1H3,(H,17,20)/t15-/m1/s1. The van der Waals surface area contributed by atoms with Gasteiger partial charge in [0.15, 0.2) is 0 Å². The van der Waals surface area contributed by atoms with Gasteiger partial charge in [0.25, 0.3) is 5.91 Å². The first-order valence-corrected chi connectivity index (χ1v) is 7.40. The summed E-state index contributed by atoms with van der Waals surface area (Å²) in [4.78, 5) is 18.0. The van der Waals surface area contributed by atoms with Gasteiger partial charge in [0.05, 0.1) is 12.2 Å². The number of aliphatic hydroxyl groups excluding tert-OH is 1. The summed E-state index contributed by atoms with van der Waals surface area (Å²) in [7, 11) is 0. The number of pyridine rings is 1. The summed E-state index contributed by atoms with van der Waals surface area (Å²) in [5, 5.41) is 21.8. The van der Waals surface area contributed by atoms with Crippen LogP contribution in [0.3, 0.4) is 0 Å². The van der Waals surface area contributed by atoms with Crippen molar-refractivity contribution < 1.29 is 15.0 Å². The number of piperidine rings is 1. The minimum Gasteiger partial charge on any atom is -0.395 e. The van der Waals surface area contributed by atoms with Gasteiger partial charge in [-0.2, -0.15) is 0 Å². The highest BCUT2D eigenvalue weighted by Gasteiger charge is 2.31. The van der Waals surface area contributed by atoms with Crippen LogP contribution in [0.1, 0.15) is 36.7 Å². The Hall–Kier alpha value is -1.66. The van der Waals surface area contributed by atoms with Gasteiger partial charge in [-0.3, -0.25) is 9.78 Å². The molecule has 21 heavy (non-hydrogen) atoms. The summed E-state index contributed by atoms with van der Waals surface area (Å²) < 4.78 is 0. The van der Waals surface area contributed by atoms with Crippen LogP contribution in [0, 0.1) is 0 Å². The summed E-state index contributed by atoms with van der Waals surface area (Å²) in [6.07, 6.45) is 4.06. The molecule has 1 atom stereocenters. The van der Waals surface area contributed by atoms with Crippen molar-refractivity contribution in [2.45, 2.75) is 31.8 Å². The van der Waals surface area contributed by atoms with Gasteiger partial charge in [0.2, 0.25) is 0 Å². The second kappa shape index (κ2) is 6.87. The van der Waals surface area contributed by atoms with Gasteiger partial charge in [-0.25, -0.2) is 0 Å². The number of rotatable bonds is 5. The molecule has 1 aliphatic heterocycles. The summed E-state index contributed by atoms with van der Waals surface area (Å²) in [6, 6.07) is 3.58. The minimum atomic E-state index is -0.652. The minimum absolute atomic E-state index is 0.0961. The first-order chi connectivity index (χ1) is 10.1. The molecule has 116 valence electrons. The number of nitrogens with zero attached hydrogens (tertiary/aromatic N) is 2. The third-order valence-corrected chi connectivity index (χ3v) is 3.95. The smallest absolute Gasteiger partial charge is 0.270 e. The van der Waals surface area contributed by atoms with Crippen molar-refractivity contribution in [1.29, 1.82) is 0 Å². The molecular weight excluding hydrogens is 270 g/mol. The Morgan fingerprint density at radius 3 is 3.10 bits per heavy atom. The second-order valence-electron chi connectivity index (χ2n) is 5.48. The fourth-order valence-corrected chi connectivity index (χ4v) is 2.62. The van der Waals surface area contributed by atoms with Crippen LogP contribution in [0.25, 0.3) is 0 Å². The zero-order valence-corrected chi connectivity index (χ0v) is 12.4. The largest absolute Gasteiger partial charge is 0.395 e. The number of carbonyl (C=O) groups is 1.